The summed E-state index contributed by atoms with van der Waals surface area (Å²) in [4.78, 5) is 0. The first-order chi connectivity index (χ1) is 3.41. The highest BCUT2D eigenvalue weighted by Crippen LogP contribution is 2.19. The van der Waals surface area contributed by atoms with Gasteiger partial charge in [-0.1, -0.05) is 8.93 Å². The zero-order chi connectivity index (χ0) is 5.54. The minimum Gasteiger partial charge on any atom is -0.462 e. The zero-order valence-electron chi connectivity index (χ0n) is 3.55. The topological polar surface area (TPSA) is 32.6 Å². The molecule has 0 amide bonds. The lowest BCUT2D eigenvalue weighted by molar-refractivity contribution is 0.518. The van der Waals surface area contributed by atoms with E-state index < -0.39 is 0 Å². The Hall–Kier alpha value is -0.110. The van der Waals surface area contributed by atoms with Crippen molar-refractivity contribution in [1.82, 2.24) is 0 Å². The molecule has 0 aliphatic rings. The number of aliphatic hydroxyl groups is 1. The number of hydrogen-bond donors (Lipinski definition) is 1. The van der Waals surface area contributed by atoms with E-state index in [1.807, 2.05) is 0 Å². The van der Waals surface area contributed by atoms with Crippen LogP contribution in [0.15, 0.2) is 4.76 Å². The van der Waals surface area contributed by atoms with E-state index in [2.05, 4.69) is 19.6 Å². The summed E-state index contributed by atoms with van der Waals surface area (Å²) in [6.45, 7) is 0. The maximum Gasteiger partial charge on any atom is 0.114 e. The summed E-state index contributed by atoms with van der Waals surface area (Å²) >= 11 is 0. The van der Waals surface area contributed by atoms with Gasteiger partial charge in [-0.25, -0.2) is 0 Å². The predicted molar refractivity (Wildman–Crippen MR) is 36.2 cm³/mol. The van der Waals surface area contributed by atoms with Crippen molar-refractivity contribution in [2.45, 2.75) is 0 Å². The molecular formula is C3H5NOP2. The van der Waals surface area contributed by atoms with Crippen LogP contribution in [-0.2, 0) is 0 Å². The average Bonchev–Trinajstić information content (AvgIpc) is 1.69. The van der Waals surface area contributed by atoms with Crippen LogP contribution in [0.3, 0.4) is 0 Å². The maximum absolute atomic E-state index is 7.84. The number of nitrogens with zero attached hydrogens (tertiary/aromatic N) is 1. The monoisotopic (exact) mass is 133 g/mol. The first kappa shape index (κ1) is 6.89. The molecule has 0 aliphatic carbocycles. The van der Waals surface area contributed by atoms with Gasteiger partial charge >= 0.3 is 0 Å². The Labute approximate surface area is 46.4 Å². The van der Waals surface area contributed by atoms with Gasteiger partial charge in [0.15, 0.2) is 0 Å². The second-order valence-corrected chi connectivity index (χ2v) is 1.93. The molecule has 4 heteroatoms. The van der Waals surface area contributed by atoms with Crippen molar-refractivity contribution < 1.29 is 5.11 Å². The predicted octanol–water partition coefficient (Wildman–Crippen LogP) is 0.774. The number of aliphatic hydroxyl groups excluding tert-OH is 1. The van der Waals surface area contributed by atoms with Crippen molar-refractivity contribution in [2.75, 3.05) is 0 Å². The SMILES string of the molecule is OC#CC=NPP. The summed E-state index contributed by atoms with van der Waals surface area (Å²) in [6.07, 6.45) is 3.06. The van der Waals surface area contributed by atoms with E-state index in [-0.39, 0.29) is 0 Å². The molecule has 1 N–H and O–H groups in total. The minimum absolute atomic E-state index is 0.440. The third-order valence-electron chi connectivity index (χ3n) is 0.268. The molecule has 0 aromatic heterocycles. The van der Waals surface area contributed by atoms with Crippen LogP contribution in [0.4, 0.5) is 0 Å². The van der Waals surface area contributed by atoms with Crippen molar-refractivity contribution in [3.63, 3.8) is 0 Å². The maximum atomic E-state index is 7.84. The molecule has 2 nitrogen and oxygen atoms in total. The smallest absolute Gasteiger partial charge is 0.114 e. The largest absolute Gasteiger partial charge is 0.462 e. The Morgan fingerprint density at radius 1 is 1.86 bits per heavy atom. The number of hydrogen-bond acceptors (Lipinski definition) is 2. The molecule has 0 bridgehead atoms. The third kappa shape index (κ3) is 5.89. The average molecular weight is 133 g/mol. The fourth-order valence-corrected chi connectivity index (χ4v) is 0.461. The van der Waals surface area contributed by atoms with E-state index in [4.69, 9.17) is 5.11 Å². The van der Waals surface area contributed by atoms with E-state index >= 15 is 0 Å². The Morgan fingerprint density at radius 3 is 3.00 bits per heavy atom. The van der Waals surface area contributed by atoms with Crippen LogP contribution in [0.25, 0.3) is 0 Å². The lowest BCUT2D eigenvalue weighted by atomic mass is 10.8. The summed E-state index contributed by atoms with van der Waals surface area (Å²) in [5.41, 5.74) is 0. The van der Waals surface area contributed by atoms with E-state index in [0.717, 1.165) is 0 Å². The molecule has 0 fully saturated rings. The summed E-state index contributed by atoms with van der Waals surface area (Å²) in [7, 11) is 2.87. The Bertz CT molecular complexity index is 112. The highest BCUT2D eigenvalue weighted by molar-refractivity contribution is 8.02. The van der Waals surface area contributed by atoms with Crippen LogP contribution in [0.1, 0.15) is 0 Å². The molecular weight excluding hydrogens is 128 g/mol. The van der Waals surface area contributed by atoms with Gasteiger partial charge in [0.1, 0.15) is 6.11 Å². The molecule has 0 heterocycles. The molecule has 0 rings (SSSR count). The fourth-order valence-electron chi connectivity index (χ4n) is 0.0984. The van der Waals surface area contributed by atoms with Crippen molar-refractivity contribution in [2.24, 2.45) is 4.76 Å². The van der Waals surface area contributed by atoms with Crippen molar-refractivity contribution in [3.05, 3.63) is 0 Å². The molecule has 38 valence electrons. The molecule has 0 aromatic carbocycles. The van der Waals surface area contributed by atoms with Crippen LogP contribution in [0, 0.1) is 12.0 Å². The van der Waals surface area contributed by atoms with E-state index in [1.54, 1.807) is 6.11 Å². The molecule has 7 heavy (non-hydrogen) atoms. The van der Waals surface area contributed by atoms with Crippen LogP contribution in [0.2, 0.25) is 0 Å². The van der Waals surface area contributed by atoms with E-state index in [1.165, 1.54) is 6.21 Å². The lowest BCUT2D eigenvalue weighted by Crippen LogP contribution is -1.56. The fraction of sp³-hybridized carbons (Fsp3) is 0. The quantitative estimate of drug-likeness (QED) is 0.320. The second-order valence-electron chi connectivity index (χ2n) is 0.643. The highest BCUT2D eigenvalue weighted by Gasteiger charge is 1.56. The van der Waals surface area contributed by atoms with Gasteiger partial charge in [0.25, 0.3) is 0 Å². The van der Waals surface area contributed by atoms with Crippen molar-refractivity contribution in [1.29, 1.82) is 0 Å². The van der Waals surface area contributed by atoms with Gasteiger partial charge < -0.3 is 5.11 Å². The molecule has 2 unspecified atom stereocenters. The first-order valence-electron chi connectivity index (χ1n) is 1.53. The summed E-state index contributed by atoms with van der Waals surface area (Å²) in [5.74, 6) is 2.26. The summed E-state index contributed by atoms with van der Waals surface area (Å²) < 4.78 is 3.69. The van der Waals surface area contributed by atoms with Crippen LogP contribution in [0.5, 0.6) is 0 Å². The standard InChI is InChI=1S/C3H5NOP2/c5-3-1-2-4-7-6/h2,5,7H,6H2. The molecule has 0 saturated heterocycles. The van der Waals surface area contributed by atoms with Gasteiger partial charge in [-0.15, -0.1) is 0 Å². The zero-order valence-corrected chi connectivity index (χ0v) is 5.70. The second kappa shape index (κ2) is 5.89. The number of rotatable bonds is 1. The molecule has 0 saturated carbocycles. The van der Waals surface area contributed by atoms with E-state index in [0.29, 0.717) is 8.42 Å². The van der Waals surface area contributed by atoms with Crippen LogP contribution >= 0.6 is 17.3 Å². The van der Waals surface area contributed by atoms with Gasteiger partial charge in [0, 0.05) is 8.42 Å². The third-order valence-corrected chi connectivity index (χ3v) is 0.994. The van der Waals surface area contributed by atoms with Gasteiger partial charge in [0.05, 0.1) is 6.21 Å². The van der Waals surface area contributed by atoms with Gasteiger partial charge in [-0.3, -0.25) is 4.76 Å². The highest BCUT2D eigenvalue weighted by atomic mass is 32.0. The molecule has 0 spiro atoms. The van der Waals surface area contributed by atoms with Crippen LogP contribution < -0.4 is 0 Å². The Balaban J connectivity index is 3.21. The Kier molecular flexibility index (Phi) is 5.80. The normalized spacial score (nSPS) is 9.86. The molecule has 0 aromatic rings. The van der Waals surface area contributed by atoms with Gasteiger partial charge in [-0.2, -0.15) is 0 Å². The Morgan fingerprint density at radius 2 is 2.57 bits per heavy atom. The summed E-state index contributed by atoms with van der Waals surface area (Å²) in [6, 6.07) is 0. The molecule has 0 aliphatic heterocycles. The van der Waals surface area contributed by atoms with E-state index in [9.17, 15) is 0 Å². The molecule has 0 radical (unpaired) electrons. The van der Waals surface area contributed by atoms with Crippen molar-refractivity contribution in [3.8, 4) is 12.0 Å². The van der Waals surface area contributed by atoms with Crippen LogP contribution in [-0.4, -0.2) is 11.3 Å². The molecule has 2 atom stereocenters. The lowest BCUT2D eigenvalue weighted by Gasteiger charge is -1.68. The minimum atomic E-state index is 0.440. The first-order valence-corrected chi connectivity index (χ1v) is 4.29. The van der Waals surface area contributed by atoms with Crippen molar-refractivity contribution >= 4 is 23.6 Å². The van der Waals surface area contributed by atoms with Gasteiger partial charge in [0.2, 0.25) is 0 Å². The summed E-state index contributed by atoms with van der Waals surface area (Å²) in [5, 5.41) is 7.84. The van der Waals surface area contributed by atoms with Gasteiger partial charge in [-0.05, 0) is 5.92 Å².